The van der Waals surface area contributed by atoms with Crippen molar-refractivity contribution in [2.45, 2.75) is 25.7 Å². The molecule has 0 bridgehead atoms. The molecule has 1 aliphatic heterocycles. The molecule has 1 aromatic carbocycles. The van der Waals surface area contributed by atoms with E-state index in [9.17, 15) is 14.4 Å². The summed E-state index contributed by atoms with van der Waals surface area (Å²) in [6, 6.07) is 9.56. The van der Waals surface area contributed by atoms with E-state index in [1.807, 2.05) is 36.4 Å². The molecule has 1 fully saturated rings. The molecule has 1 saturated heterocycles. The van der Waals surface area contributed by atoms with E-state index in [4.69, 9.17) is 17.3 Å². The second-order valence-electron chi connectivity index (χ2n) is 5.69. The molecule has 0 radical (unpaired) electrons. The fraction of sp³-hybridized carbons (Fsp3) is 0.333. The molecule has 26 heavy (non-hydrogen) atoms. The number of carbonyl (C=O) groups excluding carboxylic acids is 2. The molecule has 0 aliphatic carbocycles. The minimum absolute atomic E-state index is 0.0323. The molecule has 2 amide bonds. The molecule has 2 N–H and O–H groups in total. The van der Waals surface area contributed by atoms with Gasteiger partial charge < -0.3 is 10.4 Å². The Morgan fingerprint density at radius 3 is 2.62 bits per heavy atom. The van der Waals surface area contributed by atoms with Gasteiger partial charge in [0.2, 0.25) is 5.91 Å². The Balaban J connectivity index is 1.77. The second kappa shape index (κ2) is 10.1. The highest BCUT2D eigenvalue weighted by atomic mass is 32.2. The topological polar surface area (TPSA) is 86.7 Å². The van der Waals surface area contributed by atoms with Gasteiger partial charge in [-0.2, -0.15) is 0 Å². The van der Waals surface area contributed by atoms with E-state index in [1.54, 1.807) is 0 Å². The van der Waals surface area contributed by atoms with E-state index >= 15 is 0 Å². The first-order valence-electron chi connectivity index (χ1n) is 8.26. The lowest BCUT2D eigenvalue weighted by Crippen LogP contribution is -2.31. The third kappa shape index (κ3) is 6.27. The number of nitrogens with one attached hydrogen (secondary N) is 1. The van der Waals surface area contributed by atoms with Crippen LogP contribution in [0.4, 0.5) is 0 Å². The number of thioether (sulfide) groups is 1. The number of thiocarbonyl (C=S) groups is 1. The van der Waals surface area contributed by atoms with Crippen molar-refractivity contribution in [3.05, 3.63) is 40.8 Å². The van der Waals surface area contributed by atoms with Gasteiger partial charge in [0.1, 0.15) is 4.32 Å². The van der Waals surface area contributed by atoms with Crippen LogP contribution in [0.2, 0.25) is 0 Å². The van der Waals surface area contributed by atoms with Crippen LogP contribution in [0.3, 0.4) is 0 Å². The van der Waals surface area contributed by atoms with E-state index in [0.29, 0.717) is 35.2 Å². The van der Waals surface area contributed by atoms with Gasteiger partial charge in [0.25, 0.3) is 5.91 Å². The Morgan fingerprint density at radius 2 is 1.92 bits per heavy atom. The quantitative estimate of drug-likeness (QED) is 0.382. The third-order valence-electron chi connectivity index (χ3n) is 3.65. The Morgan fingerprint density at radius 1 is 1.19 bits per heavy atom. The number of benzene rings is 1. The summed E-state index contributed by atoms with van der Waals surface area (Å²) < 4.78 is 0.499. The molecular formula is C18H20N2O4S2. The van der Waals surface area contributed by atoms with E-state index < -0.39 is 5.97 Å². The van der Waals surface area contributed by atoms with Crippen LogP contribution in [0.25, 0.3) is 6.08 Å². The van der Waals surface area contributed by atoms with Crippen molar-refractivity contribution >= 4 is 52.2 Å². The van der Waals surface area contributed by atoms with Crippen molar-refractivity contribution in [1.82, 2.24) is 10.2 Å². The van der Waals surface area contributed by atoms with Crippen molar-refractivity contribution < 1.29 is 19.5 Å². The SMILES string of the molecule is O=C(O)CCCNC(=O)CCCN1C(=O)/C(=C/c2ccccc2)SC1=S. The van der Waals surface area contributed by atoms with E-state index in [2.05, 4.69) is 5.32 Å². The summed E-state index contributed by atoms with van der Waals surface area (Å²) in [5.74, 6) is -1.16. The Kier molecular flexibility index (Phi) is 7.80. The van der Waals surface area contributed by atoms with Gasteiger partial charge in [-0.3, -0.25) is 19.3 Å². The zero-order chi connectivity index (χ0) is 18.9. The molecule has 1 aromatic rings. The number of nitrogens with zero attached hydrogens (tertiary/aromatic N) is 1. The second-order valence-corrected chi connectivity index (χ2v) is 7.37. The van der Waals surface area contributed by atoms with Crippen LogP contribution < -0.4 is 5.32 Å². The summed E-state index contributed by atoms with van der Waals surface area (Å²) in [5, 5.41) is 11.2. The molecule has 138 valence electrons. The highest BCUT2D eigenvalue weighted by Gasteiger charge is 2.31. The number of carboxylic acid groups (broad SMARTS) is 1. The lowest BCUT2D eigenvalue weighted by atomic mass is 10.2. The lowest BCUT2D eigenvalue weighted by Gasteiger charge is -2.14. The molecule has 0 spiro atoms. The van der Waals surface area contributed by atoms with Gasteiger partial charge in [-0.25, -0.2) is 0 Å². The Hall–Kier alpha value is -2.19. The van der Waals surface area contributed by atoms with Crippen molar-refractivity contribution in [1.29, 1.82) is 0 Å². The fourth-order valence-electron chi connectivity index (χ4n) is 2.35. The molecule has 1 aliphatic rings. The maximum atomic E-state index is 12.5. The normalized spacial score (nSPS) is 15.5. The van der Waals surface area contributed by atoms with Gasteiger partial charge in [0, 0.05) is 25.9 Å². The first-order valence-corrected chi connectivity index (χ1v) is 9.49. The van der Waals surface area contributed by atoms with Crippen molar-refractivity contribution in [3.8, 4) is 0 Å². The van der Waals surface area contributed by atoms with Crippen LogP contribution in [0.1, 0.15) is 31.2 Å². The van der Waals surface area contributed by atoms with Gasteiger partial charge in [-0.05, 0) is 24.5 Å². The number of rotatable bonds is 9. The summed E-state index contributed by atoms with van der Waals surface area (Å²) >= 11 is 6.54. The maximum Gasteiger partial charge on any atom is 0.303 e. The first kappa shape index (κ1) is 20.1. The minimum Gasteiger partial charge on any atom is -0.481 e. The Bertz CT molecular complexity index is 719. The van der Waals surface area contributed by atoms with Crippen LogP contribution in [-0.2, 0) is 14.4 Å². The molecule has 0 atom stereocenters. The largest absolute Gasteiger partial charge is 0.481 e. The molecule has 6 nitrogen and oxygen atoms in total. The predicted molar refractivity (Wildman–Crippen MR) is 105 cm³/mol. The highest BCUT2D eigenvalue weighted by Crippen LogP contribution is 2.32. The molecule has 1 heterocycles. The number of carboxylic acids is 1. The summed E-state index contributed by atoms with van der Waals surface area (Å²) in [7, 11) is 0. The lowest BCUT2D eigenvalue weighted by molar-refractivity contribution is -0.137. The van der Waals surface area contributed by atoms with Crippen LogP contribution in [0.5, 0.6) is 0 Å². The van der Waals surface area contributed by atoms with E-state index in [1.165, 1.54) is 16.7 Å². The van der Waals surface area contributed by atoms with E-state index in [-0.39, 0.29) is 24.7 Å². The minimum atomic E-state index is -0.878. The molecule has 8 heteroatoms. The molecule has 0 aromatic heterocycles. The van der Waals surface area contributed by atoms with Gasteiger partial charge in [-0.15, -0.1) is 0 Å². The van der Waals surface area contributed by atoms with Crippen LogP contribution in [-0.4, -0.2) is 45.2 Å². The zero-order valence-electron chi connectivity index (χ0n) is 14.1. The van der Waals surface area contributed by atoms with Crippen LogP contribution >= 0.6 is 24.0 Å². The maximum absolute atomic E-state index is 12.5. The summed E-state index contributed by atoms with van der Waals surface area (Å²) in [6.07, 6.45) is 3.01. The first-order chi connectivity index (χ1) is 12.5. The fourth-order valence-corrected chi connectivity index (χ4v) is 3.66. The van der Waals surface area contributed by atoms with Gasteiger partial charge in [0.05, 0.1) is 4.91 Å². The monoisotopic (exact) mass is 392 g/mol. The third-order valence-corrected chi connectivity index (χ3v) is 5.02. The molecular weight excluding hydrogens is 372 g/mol. The van der Waals surface area contributed by atoms with Crippen molar-refractivity contribution in [2.75, 3.05) is 13.1 Å². The number of carbonyl (C=O) groups is 3. The predicted octanol–water partition coefficient (Wildman–Crippen LogP) is 2.65. The number of amides is 2. The average molecular weight is 393 g/mol. The number of aliphatic carboxylic acids is 1. The summed E-state index contributed by atoms with van der Waals surface area (Å²) in [6.45, 7) is 0.728. The van der Waals surface area contributed by atoms with Crippen molar-refractivity contribution in [2.24, 2.45) is 0 Å². The summed E-state index contributed by atoms with van der Waals surface area (Å²) in [5.41, 5.74) is 0.939. The van der Waals surface area contributed by atoms with Crippen LogP contribution in [0, 0.1) is 0 Å². The average Bonchev–Trinajstić information content (AvgIpc) is 2.87. The highest BCUT2D eigenvalue weighted by molar-refractivity contribution is 8.26. The van der Waals surface area contributed by atoms with Gasteiger partial charge in [0.15, 0.2) is 0 Å². The standard InChI is InChI=1S/C18H20N2O4S2/c21-15(19-10-4-9-16(22)23)8-5-11-20-17(24)14(26-18(20)25)12-13-6-2-1-3-7-13/h1-3,6-7,12H,4-5,8-11H2,(H,19,21)(H,22,23)/b14-12-. The molecule has 0 unspecified atom stereocenters. The number of hydrogen-bond donors (Lipinski definition) is 2. The van der Waals surface area contributed by atoms with Crippen molar-refractivity contribution in [3.63, 3.8) is 0 Å². The molecule has 0 saturated carbocycles. The Labute approximate surface area is 161 Å². The number of hydrogen-bond acceptors (Lipinski definition) is 5. The smallest absolute Gasteiger partial charge is 0.303 e. The van der Waals surface area contributed by atoms with E-state index in [0.717, 1.165) is 5.56 Å². The zero-order valence-corrected chi connectivity index (χ0v) is 15.8. The summed E-state index contributed by atoms with van der Waals surface area (Å²) in [4.78, 5) is 36.7. The molecule has 2 rings (SSSR count). The van der Waals surface area contributed by atoms with Gasteiger partial charge >= 0.3 is 5.97 Å². The van der Waals surface area contributed by atoms with Crippen LogP contribution in [0.15, 0.2) is 35.2 Å². The van der Waals surface area contributed by atoms with Gasteiger partial charge in [-0.1, -0.05) is 54.3 Å².